The van der Waals surface area contributed by atoms with Crippen molar-refractivity contribution < 1.29 is 13.2 Å². The van der Waals surface area contributed by atoms with Crippen molar-refractivity contribution in [3.05, 3.63) is 53.5 Å². The van der Waals surface area contributed by atoms with E-state index in [0.29, 0.717) is 35.2 Å². The number of hydrogen-bond acceptors (Lipinski definition) is 6. The number of nitrogens with one attached hydrogen (secondary N) is 1. The highest BCUT2D eigenvalue weighted by atomic mass is 32.1. The van der Waals surface area contributed by atoms with E-state index in [0.717, 1.165) is 47.5 Å². The standard InChI is InChI=1S/C25H24F3N5S/c26-25(27,28)17-7-8-18(20(11-17)30-13-15-4-2-1-3-5-15)21-12-23(29)33-24(32-21)16-6-9-19-22(10-16)34-14-31-19/h6-12,14-15,30H,1-5,13H2,(H2,29,32,33). The van der Waals surface area contributed by atoms with Crippen LogP contribution >= 0.6 is 11.3 Å². The molecule has 2 aromatic heterocycles. The van der Waals surface area contributed by atoms with Gasteiger partial charge in [-0.3, -0.25) is 0 Å². The fraction of sp³-hybridized carbons (Fsp3) is 0.320. The molecule has 2 aromatic carbocycles. The van der Waals surface area contributed by atoms with Crippen molar-refractivity contribution in [1.29, 1.82) is 0 Å². The molecule has 5 nitrogen and oxygen atoms in total. The molecule has 4 aromatic rings. The highest BCUT2D eigenvalue weighted by Crippen LogP contribution is 2.37. The number of aromatic nitrogens is 3. The molecule has 9 heteroatoms. The van der Waals surface area contributed by atoms with E-state index in [1.807, 2.05) is 18.2 Å². The molecule has 5 rings (SSSR count). The zero-order valence-corrected chi connectivity index (χ0v) is 19.2. The van der Waals surface area contributed by atoms with Crippen LogP contribution in [-0.2, 0) is 6.18 Å². The average molecular weight is 484 g/mol. The van der Waals surface area contributed by atoms with E-state index in [-0.39, 0.29) is 5.82 Å². The van der Waals surface area contributed by atoms with Gasteiger partial charge in [0.1, 0.15) is 5.82 Å². The Morgan fingerprint density at radius 3 is 2.62 bits per heavy atom. The summed E-state index contributed by atoms with van der Waals surface area (Å²) < 4.78 is 41.4. The quantitative estimate of drug-likeness (QED) is 0.319. The highest BCUT2D eigenvalue weighted by molar-refractivity contribution is 7.16. The van der Waals surface area contributed by atoms with Crippen LogP contribution in [0.2, 0.25) is 0 Å². The third kappa shape index (κ3) is 4.84. The molecular weight excluding hydrogens is 459 g/mol. The van der Waals surface area contributed by atoms with Crippen LogP contribution < -0.4 is 11.1 Å². The highest BCUT2D eigenvalue weighted by Gasteiger charge is 2.31. The molecular formula is C25H24F3N5S. The molecule has 0 atom stereocenters. The minimum Gasteiger partial charge on any atom is -0.384 e. The number of rotatable bonds is 5. The van der Waals surface area contributed by atoms with Crippen molar-refractivity contribution in [1.82, 2.24) is 15.0 Å². The summed E-state index contributed by atoms with van der Waals surface area (Å²) in [7, 11) is 0. The number of nitrogens with two attached hydrogens (primary N) is 1. The van der Waals surface area contributed by atoms with Crippen LogP contribution in [0.1, 0.15) is 37.7 Å². The molecule has 1 fully saturated rings. The first kappa shape index (κ1) is 22.6. The van der Waals surface area contributed by atoms with Gasteiger partial charge in [0.2, 0.25) is 0 Å². The third-order valence-electron chi connectivity index (χ3n) is 6.26. The van der Waals surface area contributed by atoms with Gasteiger partial charge in [-0.2, -0.15) is 13.2 Å². The molecule has 0 bridgehead atoms. The van der Waals surface area contributed by atoms with Gasteiger partial charge in [0.15, 0.2) is 5.82 Å². The van der Waals surface area contributed by atoms with Crippen LogP contribution in [0.4, 0.5) is 24.7 Å². The topological polar surface area (TPSA) is 76.7 Å². The summed E-state index contributed by atoms with van der Waals surface area (Å²) in [6.07, 6.45) is 1.30. The molecule has 0 saturated heterocycles. The van der Waals surface area contributed by atoms with Crippen LogP contribution in [-0.4, -0.2) is 21.5 Å². The molecule has 2 heterocycles. The van der Waals surface area contributed by atoms with Gasteiger partial charge in [0, 0.05) is 29.4 Å². The number of alkyl halides is 3. The summed E-state index contributed by atoms with van der Waals surface area (Å²) in [5.41, 5.74) is 10.3. The van der Waals surface area contributed by atoms with Crippen LogP contribution in [0.5, 0.6) is 0 Å². The maximum atomic E-state index is 13.5. The smallest absolute Gasteiger partial charge is 0.384 e. The second-order valence-corrected chi connectivity index (χ2v) is 9.57. The Labute approximate surface area is 199 Å². The molecule has 1 aliphatic carbocycles. The summed E-state index contributed by atoms with van der Waals surface area (Å²) in [5.74, 6) is 1.12. The van der Waals surface area contributed by atoms with Crippen molar-refractivity contribution in [3.8, 4) is 22.6 Å². The number of anilines is 2. The number of hydrogen-bond donors (Lipinski definition) is 2. The molecule has 0 aliphatic heterocycles. The monoisotopic (exact) mass is 483 g/mol. The predicted molar refractivity (Wildman–Crippen MR) is 131 cm³/mol. The Morgan fingerprint density at radius 2 is 1.82 bits per heavy atom. The third-order valence-corrected chi connectivity index (χ3v) is 7.06. The van der Waals surface area contributed by atoms with Crippen LogP contribution in [0.3, 0.4) is 0 Å². The number of thiazole rings is 1. The van der Waals surface area contributed by atoms with Gasteiger partial charge in [0.25, 0.3) is 0 Å². The van der Waals surface area contributed by atoms with E-state index in [1.54, 1.807) is 11.6 Å². The number of nitrogens with zero attached hydrogens (tertiary/aromatic N) is 3. The molecule has 1 aliphatic rings. The molecule has 34 heavy (non-hydrogen) atoms. The zero-order chi connectivity index (χ0) is 23.7. The van der Waals surface area contributed by atoms with Gasteiger partial charge in [-0.25, -0.2) is 15.0 Å². The lowest BCUT2D eigenvalue weighted by Crippen LogP contribution is -2.18. The van der Waals surface area contributed by atoms with E-state index in [2.05, 4.69) is 20.3 Å². The number of benzene rings is 2. The molecule has 0 spiro atoms. The van der Waals surface area contributed by atoms with E-state index < -0.39 is 11.7 Å². The lowest BCUT2D eigenvalue weighted by molar-refractivity contribution is -0.137. The normalized spacial score (nSPS) is 15.0. The van der Waals surface area contributed by atoms with Crippen molar-refractivity contribution in [2.45, 2.75) is 38.3 Å². The summed E-state index contributed by atoms with van der Waals surface area (Å²) >= 11 is 1.51. The lowest BCUT2D eigenvalue weighted by Gasteiger charge is -2.23. The van der Waals surface area contributed by atoms with E-state index in [9.17, 15) is 13.2 Å². The van der Waals surface area contributed by atoms with E-state index in [1.165, 1.54) is 29.9 Å². The van der Waals surface area contributed by atoms with Crippen molar-refractivity contribution in [3.63, 3.8) is 0 Å². The molecule has 0 unspecified atom stereocenters. The first-order chi connectivity index (χ1) is 16.4. The SMILES string of the molecule is Nc1cc(-c2ccc(C(F)(F)F)cc2NCC2CCCCC2)nc(-c2ccc3ncsc3c2)n1. The second-order valence-electron chi connectivity index (χ2n) is 8.68. The van der Waals surface area contributed by atoms with Gasteiger partial charge >= 0.3 is 6.18 Å². The van der Waals surface area contributed by atoms with Crippen molar-refractivity contribution >= 4 is 33.1 Å². The maximum Gasteiger partial charge on any atom is 0.416 e. The lowest BCUT2D eigenvalue weighted by atomic mass is 9.89. The summed E-state index contributed by atoms with van der Waals surface area (Å²) in [6, 6.07) is 11.0. The Bertz CT molecular complexity index is 1310. The second kappa shape index (κ2) is 9.21. The summed E-state index contributed by atoms with van der Waals surface area (Å²) in [4.78, 5) is 13.3. The Balaban J connectivity index is 1.53. The molecule has 1 saturated carbocycles. The first-order valence-corrected chi connectivity index (χ1v) is 12.2. The largest absolute Gasteiger partial charge is 0.416 e. The minimum atomic E-state index is -4.43. The molecule has 0 amide bonds. The molecule has 3 N–H and O–H groups in total. The Hall–Kier alpha value is -3.20. The predicted octanol–water partition coefficient (Wildman–Crippen LogP) is 7.01. The van der Waals surface area contributed by atoms with Gasteiger partial charge in [0.05, 0.1) is 27.0 Å². The zero-order valence-electron chi connectivity index (χ0n) is 18.4. The maximum absolute atomic E-state index is 13.5. The molecule has 176 valence electrons. The van der Waals surface area contributed by atoms with E-state index in [4.69, 9.17) is 5.73 Å². The van der Waals surface area contributed by atoms with Crippen molar-refractivity contribution in [2.24, 2.45) is 5.92 Å². The Morgan fingerprint density at radius 1 is 1.00 bits per heavy atom. The van der Waals surface area contributed by atoms with Crippen LogP contribution in [0.25, 0.3) is 32.9 Å². The fourth-order valence-electron chi connectivity index (χ4n) is 4.46. The van der Waals surface area contributed by atoms with Crippen LogP contribution in [0, 0.1) is 5.92 Å². The van der Waals surface area contributed by atoms with E-state index >= 15 is 0 Å². The number of nitrogen functional groups attached to an aromatic ring is 1. The fourth-order valence-corrected chi connectivity index (χ4v) is 5.18. The van der Waals surface area contributed by atoms with Crippen molar-refractivity contribution in [2.75, 3.05) is 17.6 Å². The van der Waals surface area contributed by atoms with Gasteiger partial charge in [-0.15, -0.1) is 11.3 Å². The van der Waals surface area contributed by atoms with Crippen LogP contribution in [0.15, 0.2) is 48.0 Å². The summed E-state index contributed by atoms with van der Waals surface area (Å²) in [5, 5.41) is 3.29. The minimum absolute atomic E-state index is 0.252. The van der Waals surface area contributed by atoms with Gasteiger partial charge < -0.3 is 11.1 Å². The summed E-state index contributed by atoms with van der Waals surface area (Å²) in [6.45, 7) is 0.629. The van der Waals surface area contributed by atoms with Gasteiger partial charge in [-0.1, -0.05) is 25.3 Å². The molecule has 0 radical (unpaired) electrons. The van der Waals surface area contributed by atoms with Gasteiger partial charge in [-0.05, 0) is 49.1 Å². The number of fused-ring (bicyclic) bond motifs is 1. The Kier molecular flexibility index (Phi) is 6.12. The first-order valence-electron chi connectivity index (χ1n) is 11.3. The average Bonchev–Trinajstić information content (AvgIpc) is 3.30. The number of halogens is 3.